The van der Waals surface area contributed by atoms with E-state index in [1.165, 1.54) is 231 Å². The molecule has 0 saturated carbocycles. The minimum atomic E-state index is -0.611. The second-order valence-corrected chi connectivity index (χ2v) is 28.2. The van der Waals surface area contributed by atoms with Crippen molar-refractivity contribution in [1.29, 1.82) is 0 Å². The number of ether oxygens (including phenoxy) is 4. The Labute approximate surface area is 579 Å². The highest BCUT2D eigenvalue weighted by Crippen LogP contribution is 2.19. The molecular weight excluding hydrogens is 1180 g/mol. The van der Waals surface area contributed by atoms with Crippen LogP contribution in [-0.2, 0) is 47.7 Å². The van der Waals surface area contributed by atoms with Gasteiger partial charge in [0, 0.05) is 51.9 Å². The summed E-state index contributed by atoms with van der Waals surface area (Å²) in [6, 6.07) is -1.22. The minimum Gasteiger partial charge on any atom is -0.464 e. The lowest BCUT2D eigenvalue weighted by Gasteiger charge is -2.30. The molecule has 2 N–H and O–H groups in total. The highest BCUT2D eigenvalue weighted by atomic mass is 16.5. The molecule has 1 heterocycles. The van der Waals surface area contributed by atoms with Crippen molar-refractivity contribution in [3.05, 3.63) is 0 Å². The van der Waals surface area contributed by atoms with Crippen LogP contribution < -0.4 is 10.6 Å². The maximum absolute atomic E-state index is 13.4. The summed E-state index contributed by atoms with van der Waals surface area (Å²) >= 11 is 0. The summed E-state index contributed by atoms with van der Waals surface area (Å²) in [6.45, 7) is 13.6. The monoisotopic (exact) mass is 1330 g/mol. The fraction of sp³-hybridized carbons (Fsp3) is 0.925. The van der Waals surface area contributed by atoms with Crippen molar-refractivity contribution in [1.82, 2.24) is 20.4 Å². The molecule has 1 fully saturated rings. The highest BCUT2D eigenvalue weighted by molar-refractivity contribution is 5.96. The van der Waals surface area contributed by atoms with Crippen LogP contribution in [0.2, 0.25) is 0 Å². The molecule has 2 atom stereocenters. The van der Waals surface area contributed by atoms with Gasteiger partial charge in [0.15, 0.2) is 0 Å². The minimum absolute atomic E-state index is 0.163. The van der Waals surface area contributed by atoms with Crippen LogP contribution in [0.3, 0.4) is 0 Å². The molecule has 552 valence electrons. The zero-order chi connectivity index (χ0) is 68.1. The molecule has 0 aromatic heterocycles. The first-order chi connectivity index (χ1) is 46.1. The van der Waals surface area contributed by atoms with E-state index in [4.69, 9.17) is 18.9 Å². The molecule has 1 aliphatic heterocycles. The van der Waals surface area contributed by atoms with Crippen molar-refractivity contribution in [3.63, 3.8) is 0 Å². The van der Waals surface area contributed by atoms with E-state index in [0.29, 0.717) is 90.6 Å². The van der Waals surface area contributed by atoms with Crippen LogP contribution >= 0.6 is 0 Å². The molecule has 14 heteroatoms. The summed E-state index contributed by atoms with van der Waals surface area (Å²) in [6.07, 6.45) is 65.4. The molecule has 2 unspecified atom stereocenters. The number of hydrogen-bond acceptors (Lipinski definition) is 12. The van der Waals surface area contributed by atoms with E-state index < -0.39 is 12.1 Å². The molecule has 2 amide bonds. The third kappa shape index (κ3) is 60.0. The van der Waals surface area contributed by atoms with Gasteiger partial charge in [-0.1, -0.05) is 310 Å². The topological polar surface area (TPSA) is 170 Å². The van der Waals surface area contributed by atoms with Gasteiger partial charge in [0.2, 0.25) is 11.8 Å². The van der Waals surface area contributed by atoms with Crippen LogP contribution in [0.15, 0.2) is 0 Å². The molecule has 94 heavy (non-hydrogen) atoms. The number of carbonyl (C=O) groups excluding carboxylic acids is 6. The average Bonchev–Trinajstić information content (AvgIpc) is 1.10. The van der Waals surface area contributed by atoms with E-state index in [-0.39, 0.29) is 62.1 Å². The van der Waals surface area contributed by atoms with Crippen LogP contribution in [0.1, 0.15) is 400 Å². The van der Waals surface area contributed by atoms with E-state index in [1.54, 1.807) is 0 Å². The van der Waals surface area contributed by atoms with Gasteiger partial charge < -0.3 is 29.6 Å². The molecule has 0 spiro atoms. The number of unbranched alkanes of at least 4 members (excludes halogenated alkanes) is 46. The Morgan fingerprint density at radius 3 is 0.628 bits per heavy atom. The summed E-state index contributed by atoms with van der Waals surface area (Å²) in [4.78, 5) is 82.1. The van der Waals surface area contributed by atoms with Gasteiger partial charge in [-0.2, -0.15) is 0 Å². The lowest BCUT2D eigenvalue weighted by atomic mass is 10.0. The molecule has 0 aromatic rings. The standard InChI is InChI=1S/C80H152N4O10/c1-5-9-13-17-21-25-29-33-37-41-45-49-59-75(85)91-69-65-83(66-70-92-76(86)60-50-46-42-38-34-30-26-22-18-14-10-6-2)63-55-53-57-73-79(89)82-74(80(90)81-73)58-54-56-64-84(67-71-93-77(87)61-51-47-43-39-35-31-27-23-19-15-11-7-3)68-72-94-78(88)62-52-48-44-40-36-32-28-24-20-16-12-8-4/h73-74H,5-72H2,1-4H3,(H,81,90)(H,82,89). The Kier molecular flexibility index (Phi) is 65.7. The third-order valence-electron chi connectivity index (χ3n) is 19.3. The number of nitrogens with one attached hydrogen (secondary N) is 2. The van der Waals surface area contributed by atoms with Gasteiger partial charge in [-0.3, -0.25) is 38.6 Å². The predicted octanol–water partition coefficient (Wildman–Crippen LogP) is 20.5. The van der Waals surface area contributed by atoms with Gasteiger partial charge in [-0.25, -0.2) is 0 Å². The number of carbonyl (C=O) groups is 6. The quantitative estimate of drug-likeness (QED) is 0.0336. The molecule has 0 radical (unpaired) electrons. The summed E-state index contributed by atoms with van der Waals surface area (Å²) in [5.41, 5.74) is 0. The van der Waals surface area contributed by atoms with Gasteiger partial charge in [0.25, 0.3) is 0 Å². The number of rotatable bonds is 74. The predicted molar refractivity (Wildman–Crippen MR) is 391 cm³/mol. The van der Waals surface area contributed by atoms with Crippen molar-refractivity contribution in [2.75, 3.05) is 65.7 Å². The molecule has 14 nitrogen and oxygen atoms in total. The molecule has 0 aromatic carbocycles. The first-order valence-corrected chi connectivity index (χ1v) is 40.8. The fourth-order valence-electron chi connectivity index (χ4n) is 13.0. The first kappa shape index (κ1) is 88.8. The number of piperazine rings is 1. The van der Waals surface area contributed by atoms with Gasteiger partial charge in [0.1, 0.15) is 38.5 Å². The average molecular weight is 1330 g/mol. The molecule has 1 saturated heterocycles. The summed E-state index contributed by atoms with van der Waals surface area (Å²) in [5.74, 6) is -0.986. The maximum atomic E-state index is 13.4. The highest BCUT2D eigenvalue weighted by Gasteiger charge is 2.33. The van der Waals surface area contributed by atoms with Crippen LogP contribution in [0.5, 0.6) is 0 Å². The largest absolute Gasteiger partial charge is 0.464 e. The van der Waals surface area contributed by atoms with E-state index in [2.05, 4.69) is 48.1 Å². The summed E-state index contributed by atoms with van der Waals surface area (Å²) < 4.78 is 22.8. The Hall–Kier alpha value is -3.26. The molecule has 1 rings (SSSR count). The zero-order valence-corrected chi connectivity index (χ0v) is 62.2. The Balaban J connectivity index is 2.61. The van der Waals surface area contributed by atoms with E-state index in [9.17, 15) is 28.8 Å². The number of esters is 4. The Bertz CT molecular complexity index is 1520. The second kappa shape index (κ2) is 69.6. The summed E-state index contributed by atoms with van der Waals surface area (Å²) in [5, 5.41) is 6.00. The van der Waals surface area contributed by atoms with Crippen LogP contribution in [0, 0.1) is 0 Å². The van der Waals surface area contributed by atoms with Crippen molar-refractivity contribution in [3.8, 4) is 0 Å². The third-order valence-corrected chi connectivity index (χ3v) is 19.3. The lowest BCUT2D eigenvalue weighted by molar-refractivity contribution is -0.146. The SMILES string of the molecule is CCCCCCCCCCCCCCC(=O)OCCN(CCCCC1NC(=O)C(CCCCN(CCOC(=O)CCCCCCCCCCCCCC)CCOC(=O)CCCCCCCCCCCCCC)NC1=O)CCOC(=O)CCCCCCCCCCCCCC. The zero-order valence-electron chi connectivity index (χ0n) is 62.2. The van der Waals surface area contributed by atoms with Gasteiger partial charge in [-0.05, 0) is 77.3 Å². The normalized spacial score (nSPS) is 14.0. The first-order valence-electron chi connectivity index (χ1n) is 40.8. The lowest BCUT2D eigenvalue weighted by Crippen LogP contribution is -2.61. The molecule has 0 aliphatic carbocycles. The van der Waals surface area contributed by atoms with E-state index >= 15 is 0 Å². The number of nitrogens with zero attached hydrogens (tertiary/aromatic N) is 2. The molecule has 1 aliphatic rings. The second-order valence-electron chi connectivity index (χ2n) is 28.2. The van der Waals surface area contributed by atoms with Crippen molar-refractivity contribution < 1.29 is 47.7 Å². The molecular formula is C80H152N4O10. The van der Waals surface area contributed by atoms with Gasteiger partial charge in [-0.15, -0.1) is 0 Å². The Morgan fingerprint density at radius 1 is 0.255 bits per heavy atom. The summed E-state index contributed by atoms with van der Waals surface area (Å²) in [7, 11) is 0. The number of amides is 2. The van der Waals surface area contributed by atoms with E-state index in [0.717, 1.165) is 89.9 Å². The van der Waals surface area contributed by atoms with Crippen molar-refractivity contribution in [2.45, 2.75) is 412 Å². The van der Waals surface area contributed by atoms with Crippen molar-refractivity contribution in [2.24, 2.45) is 0 Å². The Morgan fingerprint density at radius 2 is 0.436 bits per heavy atom. The van der Waals surface area contributed by atoms with Crippen LogP contribution in [0.4, 0.5) is 0 Å². The number of hydrogen-bond donors (Lipinski definition) is 2. The van der Waals surface area contributed by atoms with Gasteiger partial charge >= 0.3 is 23.9 Å². The van der Waals surface area contributed by atoms with E-state index in [1.807, 2.05) is 0 Å². The van der Waals surface area contributed by atoms with Crippen LogP contribution in [-0.4, -0.2) is 123 Å². The van der Waals surface area contributed by atoms with Gasteiger partial charge in [0.05, 0.1) is 0 Å². The maximum Gasteiger partial charge on any atom is 0.305 e. The van der Waals surface area contributed by atoms with Crippen LogP contribution in [0.25, 0.3) is 0 Å². The van der Waals surface area contributed by atoms with Crippen molar-refractivity contribution >= 4 is 35.7 Å². The molecule has 0 bridgehead atoms. The smallest absolute Gasteiger partial charge is 0.305 e. The fourth-order valence-corrected chi connectivity index (χ4v) is 13.0.